The molecule has 2 aliphatic heterocycles. The molecular weight excluding hydrogens is 268 g/mol. The molecule has 0 radical (unpaired) electrons. The highest BCUT2D eigenvalue weighted by Gasteiger charge is 2.37. The summed E-state index contributed by atoms with van der Waals surface area (Å²) in [6, 6.07) is 0.596. The summed E-state index contributed by atoms with van der Waals surface area (Å²) in [7, 11) is 0. The molecule has 0 unspecified atom stereocenters. The van der Waals surface area contributed by atoms with E-state index in [1.807, 2.05) is 0 Å². The molecule has 0 aromatic rings. The predicted octanol–water partition coefficient (Wildman–Crippen LogP) is 2.16. The fourth-order valence-electron chi connectivity index (χ4n) is 4.03. The average molecular weight is 296 g/mol. The van der Waals surface area contributed by atoms with Crippen LogP contribution in [0, 0.1) is 5.92 Å². The summed E-state index contributed by atoms with van der Waals surface area (Å²) in [4.78, 5) is 14.4. The number of carbonyl (C=O) groups is 1. The van der Waals surface area contributed by atoms with Gasteiger partial charge in [0.15, 0.2) is 0 Å². The SMILES string of the molecule is O=C(NCCOC[C@@H]1CCCO1)N1CCC[C@H]2CCC[C@H]21. The van der Waals surface area contributed by atoms with Crippen LogP contribution in [0.5, 0.6) is 0 Å². The fourth-order valence-corrected chi connectivity index (χ4v) is 4.03. The van der Waals surface area contributed by atoms with E-state index in [-0.39, 0.29) is 12.1 Å². The maximum absolute atomic E-state index is 12.3. The number of hydrogen-bond acceptors (Lipinski definition) is 3. The predicted molar refractivity (Wildman–Crippen MR) is 80.3 cm³/mol. The molecule has 2 heterocycles. The second kappa shape index (κ2) is 7.45. The Balaban J connectivity index is 1.32. The third kappa shape index (κ3) is 3.89. The molecule has 5 heteroatoms. The Bertz CT molecular complexity index is 344. The molecule has 120 valence electrons. The summed E-state index contributed by atoms with van der Waals surface area (Å²) >= 11 is 0. The maximum atomic E-state index is 12.3. The smallest absolute Gasteiger partial charge is 0.317 e. The third-order valence-corrected chi connectivity index (χ3v) is 5.10. The van der Waals surface area contributed by atoms with Gasteiger partial charge in [-0.1, -0.05) is 6.42 Å². The lowest BCUT2D eigenvalue weighted by Crippen LogP contribution is -2.51. The normalized spacial score (nSPS) is 32.2. The molecule has 0 spiro atoms. The van der Waals surface area contributed by atoms with E-state index in [0.29, 0.717) is 25.8 Å². The lowest BCUT2D eigenvalue weighted by atomic mass is 9.92. The van der Waals surface area contributed by atoms with E-state index in [1.165, 1.54) is 25.7 Å². The summed E-state index contributed by atoms with van der Waals surface area (Å²) < 4.78 is 11.1. The molecule has 3 rings (SSSR count). The van der Waals surface area contributed by atoms with Gasteiger partial charge >= 0.3 is 6.03 Å². The summed E-state index contributed by atoms with van der Waals surface area (Å²) in [6.07, 6.45) is 8.74. The van der Waals surface area contributed by atoms with E-state index < -0.39 is 0 Å². The van der Waals surface area contributed by atoms with Gasteiger partial charge in [0.2, 0.25) is 0 Å². The van der Waals surface area contributed by atoms with E-state index in [2.05, 4.69) is 10.2 Å². The molecule has 0 bridgehead atoms. The second-order valence-electron chi connectivity index (χ2n) is 6.54. The van der Waals surface area contributed by atoms with Crippen LogP contribution in [0.25, 0.3) is 0 Å². The van der Waals surface area contributed by atoms with Crippen molar-refractivity contribution in [3.05, 3.63) is 0 Å². The van der Waals surface area contributed by atoms with Crippen LogP contribution < -0.4 is 5.32 Å². The quantitative estimate of drug-likeness (QED) is 0.791. The number of urea groups is 1. The van der Waals surface area contributed by atoms with E-state index in [1.54, 1.807) is 0 Å². The molecule has 3 aliphatic rings. The number of likely N-dealkylation sites (tertiary alicyclic amines) is 1. The Morgan fingerprint density at radius 2 is 2.10 bits per heavy atom. The monoisotopic (exact) mass is 296 g/mol. The summed E-state index contributed by atoms with van der Waals surface area (Å²) in [5.41, 5.74) is 0. The minimum Gasteiger partial charge on any atom is -0.377 e. The van der Waals surface area contributed by atoms with Gasteiger partial charge < -0.3 is 19.7 Å². The number of amides is 2. The van der Waals surface area contributed by atoms with Gasteiger partial charge in [-0.05, 0) is 44.4 Å². The summed E-state index contributed by atoms with van der Waals surface area (Å²) in [5.74, 6) is 0.750. The third-order valence-electron chi connectivity index (χ3n) is 5.10. The van der Waals surface area contributed by atoms with E-state index in [0.717, 1.165) is 38.3 Å². The van der Waals surface area contributed by atoms with E-state index in [9.17, 15) is 4.79 Å². The standard InChI is InChI=1S/C16H28N2O3/c19-16(17-8-11-20-12-14-6-3-10-21-14)18-9-2-5-13-4-1-7-15(13)18/h13-15H,1-12H2,(H,17,19)/t13-,14+,15-/m1/s1. The minimum absolute atomic E-state index is 0.104. The Hall–Kier alpha value is -0.810. The molecular formula is C16H28N2O3. The Morgan fingerprint density at radius 1 is 1.19 bits per heavy atom. The highest BCUT2D eigenvalue weighted by Crippen LogP contribution is 2.36. The van der Waals surface area contributed by atoms with Crippen LogP contribution in [0.15, 0.2) is 0 Å². The van der Waals surface area contributed by atoms with Crippen LogP contribution in [-0.4, -0.2) is 56.0 Å². The Morgan fingerprint density at radius 3 is 2.95 bits per heavy atom. The number of ether oxygens (including phenoxy) is 2. The van der Waals surface area contributed by atoms with Crippen molar-refractivity contribution in [1.82, 2.24) is 10.2 Å². The van der Waals surface area contributed by atoms with Crippen molar-refractivity contribution >= 4 is 6.03 Å². The van der Waals surface area contributed by atoms with Crippen LogP contribution in [0.2, 0.25) is 0 Å². The topological polar surface area (TPSA) is 50.8 Å². The maximum Gasteiger partial charge on any atom is 0.317 e. The molecule has 1 saturated carbocycles. The van der Waals surface area contributed by atoms with Crippen molar-refractivity contribution < 1.29 is 14.3 Å². The van der Waals surface area contributed by atoms with Crippen molar-refractivity contribution in [2.75, 3.05) is 32.9 Å². The molecule has 21 heavy (non-hydrogen) atoms. The van der Waals surface area contributed by atoms with E-state index >= 15 is 0 Å². The van der Waals surface area contributed by atoms with Crippen LogP contribution in [0.1, 0.15) is 44.9 Å². The van der Waals surface area contributed by atoms with Crippen molar-refractivity contribution in [1.29, 1.82) is 0 Å². The van der Waals surface area contributed by atoms with Crippen LogP contribution >= 0.6 is 0 Å². The highest BCUT2D eigenvalue weighted by molar-refractivity contribution is 5.74. The zero-order chi connectivity index (χ0) is 14.5. The second-order valence-corrected chi connectivity index (χ2v) is 6.54. The number of carbonyl (C=O) groups excluding carboxylic acids is 1. The van der Waals surface area contributed by atoms with Crippen molar-refractivity contribution in [2.24, 2.45) is 5.92 Å². The zero-order valence-corrected chi connectivity index (χ0v) is 12.9. The number of rotatable bonds is 5. The number of nitrogens with zero attached hydrogens (tertiary/aromatic N) is 1. The van der Waals surface area contributed by atoms with Gasteiger partial charge in [0.1, 0.15) is 0 Å². The van der Waals surface area contributed by atoms with Crippen LogP contribution in [0.3, 0.4) is 0 Å². The average Bonchev–Trinajstić information content (AvgIpc) is 3.17. The minimum atomic E-state index is 0.104. The first-order valence-electron chi connectivity index (χ1n) is 8.58. The Labute approximate surface area is 127 Å². The van der Waals surface area contributed by atoms with Gasteiger partial charge in [0, 0.05) is 25.7 Å². The largest absolute Gasteiger partial charge is 0.377 e. The van der Waals surface area contributed by atoms with Gasteiger partial charge in [0.05, 0.1) is 19.3 Å². The van der Waals surface area contributed by atoms with Gasteiger partial charge in [-0.15, -0.1) is 0 Å². The number of piperidine rings is 1. The van der Waals surface area contributed by atoms with Gasteiger partial charge in [-0.2, -0.15) is 0 Å². The number of hydrogen-bond donors (Lipinski definition) is 1. The van der Waals surface area contributed by atoms with E-state index in [4.69, 9.17) is 9.47 Å². The Kier molecular flexibility index (Phi) is 5.36. The van der Waals surface area contributed by atoms with Crippen molar-refractivity contribution in [2.45, 2.75) is 57.1 Å². The highest BCUT2D eigenvalue weighted by atomic mass is 16.5. The molecule has 0 aromatic carbocycles. The van der Waals surface area contributed by atoms with Gasteiger partial charge in [0.25, 0.3) is 0 Å². The molecule has 2 saturated heterocycles. The molecule has 1 N–H and O–H groups in total. The molecule has 3 atom stereocenters. The first-order valence-corrected chi connectivity index (χ1v) is 8.58. The van der Waals surface area contributed by atoms with Gasteiger partial charge in [-0.3, -0.25) is 0 Å². The lowest BCUT2D eigenvalue weighted by Gasteiger charge is -2.37. The van der Waals surface area contributed by atoms with Gasteiger partial charge in [-0.25, -0.2) is 4.79 Å². The zero-order valence-electron chi connectivity index (χ0n) is 12.9. The summed E-state index contributed by atoms with van der Waals surface area (Å²) in [5, 5.41) is 3.01. The first kappa shape index (κ1) is 15.1. The summed E-state index contributed by atoms with van der Waals surface area (Å²) in [6.45, 7) is 3.61. The molecule has 0 aromatic heterocycles. The number of nitrogens with one attached hydrogen (secondary N) is 1. The van der Waals surface area contributed by atoms with Crippen LogP contribution in [0.4, 0.5) is 4.79 Å². The number of fused-ring (bicyclic) bond motifs is 1. The fraction of sp³-hybridized carbons (Fsp3) is 0.938. The lowest BCUT2D eigenvalue weighted by molar-refractivity contribution is 0.0183. The van der Waals surface area contributed by atoms with Crippen molar-refractivity contribution in [3.8, 4) is 0 Å². The molecule has 1 aliphatic carbocycles. The molecule has 2 amide bonds. The molecule has 3 fully saturated rings. The van der Waals surface area contributed by atoms with Crippen LogP contribution in [-0.2, 0) is 9.47 Å². The van der Waals surface area contributed by atoms with Crippen molar-refractivity contribution in [3.63, 3.8) is 0 Å². The molecule has 5 nitrogen and oxygen atoms in total. The first-order chi connectivity index (χ1) is 10.3.